The number of carbonyl (C=O) groups is 1. The van der Waals surface area contributed by atoms with Gasteiger partial charge in [-0.2, -0.15) is 0 Å². The first-order valence-electron chi connectivity index (χ1n) is 2.84. The number of carboxylic acid groups (broad SMARTS) is 1. The molecule has 0 saturated carbocycles. The van der Waals surface area contributed by atoms with E-state index in [0.29, 0.717) is 0 Å². The summed E-state index contributed by atoms with van der Waals surface area (Å²) in [7, 11) is 0. The van der Waals surface area contributed by atoms with E-state index in [-0.39, 0.29) is 12.3 Å². The van der Waals surface area contributed by atoms with Crippen molar-refractivity contribution < 1.29 is 9.90 Å². The van der Waals surface area contributed by atoms with Gasteiger partial charge in [-0.3, -0.25) is 4.79 Å². The maximum Gasteiger partial charge on any atom is 0.303 e. The van der Waals surface area contributed by atoms with E-state index in [2.05, 4.69) is 13.2 Å². The van der Waals surface area contributed by atoms with E-state index < -0.39 is 5.97 Å². The summed E-state index contributed by atoms with van der Waals surface area (Å²) >= 11 is 0. The molecular formula is C7H14O2. The third-order valence-corrected chi connectivity index (χ3v) is 0.583. The minimum absolute atomic E-state index is 0.275. The van der Waals surface area contributed by atoms with Gasteiger partial charge in [-0.25, -0.2) is 0 Å². The fourth-order valence-electron chi connectivity index (χ4n) is 0.349. The number of carboxylic acids is 1. The smallest absolute Gasteiger partial charge is 0.303 e. The largest absolute Gasteiger partial charge is 0.481 e. The average Bonchev–Trinajstić information content (AvgIpc) is 1.68. The molecule has 0 aromatic rings. The Bertz CT molecular complexity index is 77.0. The Morgan fingerprint density at radius 2 is 1.89 bits per heavy atom. The quantitative estimate of drug-likeness (QED) is 0.580. The third kappa shape index (κ3) is 19.0. The Morgan fingerprint density at radius 1 is 1.56 bits per heavy atom. The first kappa shape index (κ1) is 11.1. The average molecular weight is 130 g/mol. The molecule has 1 N–H and O–H groups in total. The Balaban J connectivity index is 0. The number of hydrogen-bond acceptors (Lipinski definition) is 1. The second kappa shape index (κ2) is 7.21. The molecule has 0 heterocycles. The summed E-state index contributed by atoms with van der Waals surface area (Å²) in [6.07, 6.45) is 0.278. The van der Waals surface area contributed by atoms with Crippen LogP contribution in [0.2, 0.25) is 0 Å². The van der Waals surface area contributed by atoms with Crippen molar-refractivity contribution >= 4 is 5.97 Å². The number of rotatable bonds is 2. The van der Waals surface area contributed by atoms with Gasteiger partial charge >= 0.3 is 5.97 Å². The van der Waals surface area contributed by atoms with Crippen molar-refractivity contribution in [1.82, 2.24) is 0 Å². The van der Waals surface area contributed by atoms with Crippen molar-refractivity contribution in [2.24, 2.45) is 5.92 Å². The Kier molecular flexibility index (Phi) is 8.87. The van der Waals surface area contributed by atoms with Crippen molar-refractivity contribution in [3.8, 4) is 0 Å². The topological polar surface area (TPSA) is 37.3 Å². The van der Waals surface area contributed by atoms with Crippen LogP contribution in [-0.2, 0) is 4.79 Å². The zero-order chi connectivity index (χ0) is 7.86. The lowest BCUT2D eigenvalue weighted by Gasteiger charge is -1.94. The van der Waals surface area contributed by atoms with Gasteiger partial charge in [0.25, 0.3) is 0 Å². The number of aliphatic carboxylic acids is 1. The first-order chi connectivity index (χ1) is 4.13. The van der Waals surface area contributed by atoms with Crippen LogP contribution in [0, 0.1) is 5.92 Å². The molecule has 54 valence electrons. The fraction of sp³-hybridized carbons (Fsp3) is 0.571. The lowest BCUT2D eigenvalue weighted by atomic mass is 10.1. The Hall–Kier alpha value is -0.790. The van der Waals surface area contributed by atoms with Crippen LogP contribution in [0.25, 0.3) is 0 Å². The highest BCUT2D eigenvalue weighted by molar-refractivity contribution is 5.66. The van der Waals surface area contributed by atoms with E-state index in [0.717, 1.165) is 0 Å². The summed E-state index contributed by atoms with van der Waals surface area (Å²) in [4.78, 5) is 9.81. The SMILES string of the molecule is C=C.CC(C)CC(=O)O. The molecule has 0 aliphatic heterocycles. The summed E-state index contributed by atoms with van der Waals surface area (Å²) < 4.78 is 0. The molecule has 0 rings (SSSR count). The van der Waals surface area contributed by atoms with Crippen LogP contribution in [0.5, 0.6) is 0 Å². The molecule has 9 heavy (non-hydrogen) atoms. The first-order valence-corrected chi connectivity index (χ1v) is 2.84. The van der Waals surface area contributed by atoms with Crippen LogP contribution >= 0.6 is 0 Å². The highest BCUT2D eigenvalue weighted by atomic mass is 16.4. The zero-order valence-electron chi connectivity index (χ0n) is 6.05. The van der Waals surface area contributed by atoms with Crippen molar-refractivity contribution in [3.63, 3.8) is 0 Å². The molecule has 0 atom stereocenters. The summed E-state index contributed by atoms with van der Waals surface area (Å²) in [6.45, 7) is 9.77. The Labute approximate surface area is 56.2 Å². The molecule has 0 saturated heterocycles. The maximum absolute atomic E-state index is 9.81. The van der Waals surface area contributed by atoms with Crippen LogP contribution in [0.4, 0.5) is 0 Å². The highest BCUT2D eigenvalue weighted by Gasteiger charge is 1.98. The predicted octanol–water partition coefficient (Wildman–Crippen LogP) is 1.92. The fourth-order valence-corrected chi connectivity index (χ4v) is 0.349. The van der Waals surface area contributed by atoms with E-state index in [9.17, 15) is 4.79 Å². The molecule has 0 aromatic carbocycles. The van der Waals surface area contributed by atoms with Crippen LogP contribution in [0.1, 0.15) is 20.3 Å². The van der Waals surface area contributed by atoms with Gasteiger partial charge in [0.15, 0.2) is 0 Å². The molecule has 0 spiro atoms. The van der Waals surface area contributed by atoms with Gasteiger partial charge in [0.1, 0.15) is 0 Å². The molecule has 0 radical (unpaired) electrons. The molecule has 0 unspecified atom stereocenters. The van der Waals surface area contributed by atoms with Crippen LogP contribution in [0.3, 0.4) is 0 Å². The monoisotopic (exact) mass is 130 g/mol. The van der Waals surface area contributed by atoms with Gasteiger partial charge in [-0.05, 0) is 5.92 Å². The minimum atomic E-state index is -0.713. The van der Waals surface area contributed by atoms with Crippen molar-refractivity contribution in [2.75, 3.05) is 0 Å². The van der Waals surface area contributed by atoms with Crippen molar-refractivity contribution in [3.05, 3.63) is 13.2 Å². The Morgan fingerprint density at radius 3 is 1.89 bits per heavy atom. The van der Waals surface area contributed by atoms with E-state index in [1.807, 2.05) is 13.8 Å². The van der Waals surface area contributed by atoms with Crippen molar-refractivity contribution in [1.29, 1.82) is 0 Å². The lowest BCUT2D eigenvalue weighted by molar-refractivity contribution is -0.137. The second-order valence-corrected chi connectivity index (χ2v) is 1.99. The molecule has 0 aliphatic rings. The highest BCUT2D eigenvalue weighted by Crippen LogP contribution is 1.96. The summed E-state index contributed by atoms with van der Waals surface area (Å²) in [5.41, 5.74) is 0. The molecule has 0 bridgehead atoms. The summed E-state index contributed by atoms with van der Waals surface area (Å²) in [5.74, 6) is -0.438. The van der Waals surface area contributed by atoms with Gasteiger partial charge in [-0.1, -0.05) is 13.8 Å². The van der Waals surface area contributed by atoms with Gasteiger partial charge in [0, 0.05) is 6.42 Å². The van der Waals surface area contributed by atoms with Gasteiger partial charge in [0.2, 0.25) is 0 Å². The van der Waals surface area contributed by atoms with E-state index in [1.165, 1.54) is 0 Å². The summed E-state index contributed by atoms with van der Waals surface area (Å²) in [6, 6.07) is 0. The van der Waals surface area contributed by atoms with E-state index in [1.54, 1.807) is 0 Å². The minimum Gasteiger partial charge on any atom is -0.481 e. The number of hydrogen-bond donors (Lipinski definition) is 1. The van der Waals surface area contributed by atoms with Crippen molar-refractivity contribution in [2.45, 2.75) is 20.3 Å². The van der Waals surface area contributed by atoms with Gasteiger partial charge in [0.05, 0.1) is 0 Å². The molecule has 2 heteroatoms. The van der Waals surface area contributed by atoms with E-state index >= 15 is 0 Å². The van der Waals surface area contributed by atoms with Crippen LogP contribution < -0.4 is 0 Å². The molecule has 2 nitrogen and oxygen atoms in total. The zero-order valence-corrected chi connectivity index (χ0v) is 6.05. The maximum atomic E-state index is 9.81. The molecule has 0 amide bonds. The lowest BCUT2D eigenvalue weighted by Crippen LogP contribution is -1.99. The molecule has 0 fully saturated rings. The third-order valence-electron chi connectivity index (χ3n) is 0.583. The second-order valence-electron chi connectivity index (χ2n) is 1.99. The molecular weight excluding hydrogens is 116 g/mol. The van der Waals surface area contributed by atoms with Gasteiger partial charge < -0.3 is 5.11 Å². The predicted molar refractivity (Wildman–Crippen MR) is 38.3 cm³/mol. The molecule has 0 aromatic heterocycles. The van der Waals surface area contributed by atoms with Crippen LogP contribution in [-0.4, -0.2) is 11.1 Å². The van der Waals surface area contributed by atoms with Gasteiger partial charge in [-0.15, -0.1) is 13.2 Å². The standard InChI is InChI=1S/C5H10O2.C2H4/c1-4(2)3-5(6)7;1-2/h4H,3H2,1-2H3,(H,6,7);1-2H2. The van der Waals surface area contributed by atoms with Crippen LogP contribution in [0.15, 0.2) is 13.2 Å². The summed E-state index contributed by atoms with van der Waals surface area (Å²) in [5, 5.41) is 8.08. The normalized spacial score (nSPS) is 7.89. The molecule has 0 aliphatic carbocycles. The van der Waals surface area contributed by atoms with E-state index in [4.69, 9.17) is 5.11 Å².